The number of hydrogen-bond acceptors (Lipinski definition) is 1. The lowest BCUT2D eigenvalue weighted by Gasteiger charge is -2.06. The highest BCUT2D eigenvalue weighted by molar-refractivity contribution is 6.06. The Morgan fingerprint density at radius 2 is 2.15 bits per heavy atom. The molecule has 0 heterocycles. The number of Topliss-reactive ketones (excluding diaryl/α,β-unsaturated/α-hetero) is 1. The van der Waals surface area contributed by atoms with Gasteiger partial charge in [0.2, 0.25) is 0 Å². The summed E-state index contributed by atoms with van der Waals surface area (Å²) < 4.78 is 0. The van der Waals surface area contributed by atoms with E-state index >= 15 is 0 Å². The van der Waals surface area contributed by atoms with Crippen LogP contribution in [0.1, 0.15) is 19.3 Å². The first-order valence-electron chi connectivity index (χ1n) is 4.71. The summed E-state index contributed by atoms with van der Waals surface area (Å²) in [5.74, 6) is 0.347. The summed E-state index contributed by atoms with van der Waals surface area (Å²) in [5, 5.41) is 0. The first-order chi connectivity index (χ1) is 6.36. The summed E-state index contributed by atoms with van der Waals surface area (Å²) in [7, 11) is 0. The van der Waals surface area contributed by atoms with Gasteiger partial charge in [0, 0.05) is 12.0 Å². The van der Waals surface area contributed by atoms with Crippen LogP contribution >= 0.6 is 0 Å². The molecule has 0 bridgehead atoms. The monoisotopic (exact) mass is 170 g/mol. The maximum Gasteiger partial charge on any atom is 0.163 e. The van der Waals surface area contributed by atoms with E-state index in [1.54, 1.807) is 0 Å². The molecule has 13 heavy (non-hydrogen) atoms. The van der Waals surface area contributed by atoms with Crippen LogP contribution in [0.4, 0.5) is 0 Å². The van der Waals surface area contributed by atoms with Gasteiger partial charge in [-0.05, 0) is 29.6 Å². The quantitative estimate of drug-likeness (QED) is 0.545. The first-order valence-corrected chi connectivity index (χ1v) is 4.71. The van der Waals surface area contributed by atoms with Gasteiger partial charge < -0.3 is 0 Å². The Bertz CT molecular complexity index is 416. The van der Waals surface area contributed by atoms with Crippen molar-refractivity contribution in [3.63, 3.8) is 0 Å². The van der Waals surface area contributed by atoms with Gasteiger partial charge in [0.1, 0.15) is 0 Å². The summed E-state index contributed by atoms with van der Waals surface area (Å²) in [6.45, 7) is 0. The Morgan fingerprint density at radius 1 is 1.23 bits per heavy atom. The largest absolute Gasteiger partial charge is 0.294 e. The minimum absolute atomic E-state index is 0.347. The molecule has 0 radical (unpaired) electrons. The van der Waals surface area contributed by atoms with Gasteiger partial charge in [-0.1, -0.05) is 24.3 Å². The molecule has 64 valence electrons. The highest BCUT2D eigenvalue weighted by atomic mass is 16.1. The van der Waals surface area contributed by atoms with Crippen LogP contribution in [-0.4, -0.2) is 5.78 Å². The van der Waals surface area contributed by atoms with E-state index in [1.165, 1.54) is 16.7 Å². The van der Waals surface area contributed by atoms with Crippen molar-refractivity contribution < 1.29 is 4.79 Å². The van der Waals surface area contributed by atoms with E-state index in [-0.39, 0.29) is 0 Å². The van der Waals surface area contributed by atoms with Crippen LogP contribution in [-0.2, 0) is 4.79 Å². The third-order valence-corrected chi connectivity index (χ3v) is 2.94. The van der Waals surface area contributed by atoms with Crippen molar-refractivity contribution in [2.75, 3.05) is 0 Å². The fourth-order valence-corrected chi connectivity index (χ4v) is 2.33. The zero-order chi connectivity index (χ0) is 8.84. The molecule has 0 aromatic carbocycles. The molecule has 0 spiro atoms. The zero-order valence-corrected chi connectivity index (χ0v) is 7.34. The molecule has 0 amide bonds. The number of hydrogen-bond donors (Lipinski definition) is 0. The Hall–Kier alpha value is -1.37. The number of carbonyl (C=O) groups excluding carboxylic acids is 1. The standard InChI is InChI=1S/C12H10O/c13-11-6-5-9-7-8-3-1-2-4-10(8)12(9)11/h1-3,7H,4-6H2. The van der Waals surface area contributed by atoms with Gasteiger partial charge in [-0.3, -0.25) is 4.79 Å². The Labute approximate surface area is 77.1 Å². The van der Waals surface area contributed by atoms with Crippen LogP contribution in [0.25, 0.3) is 0 Å². The average Bonchev–Trinajstić information content (AvgIpc) is 2.66. The first kappa shape index (κ1) is 7.07. The normalized spacial score (nSPS) is 24.5. The van der Waals surface area contributed by atoms with Gasteiger partial charge in [-0.25, -0.2) is 0 Å². The highest BCUT2D eigenvalue weighted by Gasteiger charge is 2.31. The molecule has 0 N–H and O–H groups in total. The van der Waals surface area contributed by atoms with Crippen LogP contribution in [0, 0.1) is 0 Å². The van der Waals surface area contributed by atoms with E-state index in [0.29, 0.717) is 5.78 Å². The van der Waals surface area contributed by atoms with E-state index < -0.39 is 0 Å². The molecule has 0 aliphatic heterocycles. The van der Waals surface area contributed by atoms with Gasteiger partial charge in [0.05, 0.1) is 0 Å². The van der Waals surface area contributed by atoms with Crippen LogP contribution < -0.4 is 0 Å². The minimum Gasteiger partial charge on any atom is -0.294 e. The van der Waals surface area contributed by atoms with Gasteiger partial charge >= 0.3 is 0 Å². The van der Waals surface area contributed by atoms with Gasteiger partial charge in [0.25, 0.3) is 0 Å². The number of fused-ring (bicyclic) bond motifs is 2. The Morgan fingerprint density at radius 3 is 3.08 bits per heavy atom. The number of carbonyl (C=O) groups is 1. The fourth-order valence-electron chi connectivity index (χ4n) is 2.33. The van der Waals surface area contributed by atoms with Crippen molar-refractivity contribution in [2.45, 2.75) is 19.3 Å². The Balaban J connectivity index is 2.22. The second-order valence-electron chi connectivity index (χ2n) is 3.70. The third kappa shape index (κ3) is 0.844. The maximum absolute atomic E-state index is 11.6. The molecular weight excluding hydrogens is 160 g/mol. The summed E-state index contributed by atoms with van der Waals surface area (Å²) in [6.07, 6.45) is 11.1. The van der Waals surface area contributed by atoms with Crippen LogP contribution in [0.2, 0.25) is 0 Å². The van der Waals surface area contributed by atoms with Crippen molar-refractivity contribution in [1.82, 2.24) is 0 Å². The molecule has 1 heteroatoms. The number of ketones is 1. The van der Waals surface area contributed by atoms with E-state index in [9.17, 15) is 4.79 Å². The molecular formula is C12H10O. The van der Waals surface area contributed by atoms with Crippen molar-refractivity contribution in [1.29, 1.82) is 0 Å². The Kier molecular flexibility index (Phi) is 1.26. The fraction of sp³-hybridized carbons (Fsp3) is 0.250. The van der Waals surface area contributed by atoms with Crippen molar-refractivity contribution in [3.8, 4) is 0 Å². The minimum atomic E-state index is 0.347. The molecule has 1 saturated carbocycles. The van der Waals surface area contributed by atoms with Crippen LogP contribution in [0.15, 0.2) is 46.6 Å². The van der Waals surface area contributed by atoms with Crippen molar-refractivity contribution in [3.05, 3.63) is 46.6 Å². The SMILES string of the molecule is O=C1CCC2=CC3=CC=CCC3=C12. The van der Waals surface area contributed by atoms with Gasteiger partial charge in [-0.2, -0.15) is 0 Å². The van der Waals surface area contributed by atoms with Crippen LogP contribution in [0.5, 0.6) is 0 Å². The van der Waals surface area contributed by atoms with E-state index in [2.05, 4.69) is 24.3 Å². The van der Waals surface area contributed by atoms with Gasteiger partial charge in [-0.15, -0.1) is 0 Å². The summed E-state index contributed by atoms with van der Waals surface area (Å²) >= 11 is 0. The predicted molar refractivity (Wildman–Crippen MR) is 51.2 cm³/mol. The molecule has 0 aromatic heterocycles. The maximum atomic E-state index is 11.6. The number of rotatable bonds is 0. The molecule has 0 aromatic rings. The molecule has 0 atom stereocenters. The second kappa shape index (κ2) is 2.32. The van der Waals surface area contributed by atoms with E-state index in [0.717, 1.165) is 24.8 Å². The average molecular weight is 170 g/mol. The summed E-state index contributed by atoms with van der Waals surface area (Å²) in [6, 6.07) is 0. The lowest BCUT2D eigenvalue weighted by Crippen LogP contribution is -1.97. The summed E-state index contributed by atoms with van der Waals surface area (Å²) in [5.41, 5.74) is 4.84. The van der Waals surface area contributed by atoms with Crippen LogP contribution in [0.3, 0.4) is 0 Å². The lowest BCUT2D eigenvalue weighted by atomic mass is 9.97. The lowest BCUT2D eigenvalue weighted by molar-refractivity contribution is -0.114. The predicted octanol–water partition coefficient (Wildman–Crippen LogP) is 2.47. The highest BCUT2D eigenvalue weighted by Crippen LogP contribution is 2.41. The summed E-state index contributed by atoms with van der Waals surface area (Å²) in [4.78, 5) is 11.6. The number of allylic oxidation sites excluding steroid dienone is 8. The second-order valence-corrected chi connectivity index (χ2v) is 3.70. The smallest absolute Gasteiger partial charge is 0.163 e. The molecule has 3 aliphatic rings. The molecule has 3 aliphatic carbocycles. The molecule has 1 fully saturated rings. The third-order valence-electron chi connectivity index (χ3n) is 2.94. The molecule has 3 rings (SSSR count). The van der Waals surface area contributed by atoms with E-state index in [4.69, 9.17) is 0 Å². The molecule has 1 nitrogen and oxygen atoms in total. The molecule has 0 saturated heterocycles. The van der Waals surface area contributed by atoms with Crippen molar-refractivity contribution >= 4 is 5.78 Å². The van der Waals surface area contributed by atoms with Gasteiger partial charge in [0.15, 0.2) is 5.78 Å². The van der Waals surface area contributed by atoms with E-state index in [1.807, 2.05) is 0 Å². The molecule has 0 unspecified atom stereocenters. The van der Waals surface area contributed by atoms with Crippen molar-refractivity contribution in [2.24, 2.45) is 0 Å². The topological polar surface area (TPSA) is 17.1 Å². The zero-order valence-electron chi connectivity index (χ0n) is 7.34.